The Kier molecular flexibility index (Phi) is 4.44. The van der Waals surface area contributed by atoms with Gasteiger partial charge in [0, 0.05) is 63.1 Å². The molecule has 1 aromatic rings. The van der Waals surface area contributed by atoms with Gasteiger partial charge in [0.1, 0.15) is 5.82 Å². The highest BCUT2D eigenvalue weighted by Gasteiger charge is 2.32. The van der Waals surface area contributed by atoms with Crippen molar-refractivity contribution >= 4 is 11.8 Å². The number of nitrogens with zero attached hydrogens (tertiary/aromatic N) is 4. The van der Waals surface area contributed by atoms with Gasteiger partial charge in [0.05, 0.1) is 5.69 Å². The van der Waals surface area contributed by atoms with Crippen LogP contribution in [0.15, 0.2) is 6.20 Å². The first-order chi connectivity index (χ1) is 12.1. The minimum Gasteiger partial charge on any atom is -0.343 e. The molecule has 1 aliphatic carbocycles. The second kappa shape index (κ2) is 6.73. The number of rotatable bonds is 2. The first-order valence-electron chi connectivity index (χ1n) is 9.51. The Morgan fingerprint density at radius 2 is 1.84 bits per heavy atom. The maximum absolute atomic E-state index is 12.4. The summed E-state index contributed by atoms with van der Waals surface area (Å²) in [7, 11) is 0. The van der Waals surface area contributed by atoms with Crippen LogP contribution in [0, 0.1) is 5.92 Å². The SMILES string of the molecule is CC(=O)N1CCC(c2ncc3c(n2)CCN(C(=O)C2CCC2)C3)CC1. The second-order valence-corrected chi connectivity index (χ2v) is 7.62. The van der Waals surface area contributed by atoms with Gasteiger partial charge in [-0.15, -0.1) is 0 Å². The van der Waals surface area contributed by atoms with Crippen LogP contribution in [0.5, 0.6) is 0 Å². The van der Waals surface area contributed by atoms with E-state index in [1.807, 2.05) is 16.0 Å². The molecule has 6 heteroatoms. The zero-order chi connectivity index (χ0) is 17.4. The largest absolute Gasteiger partial charge is 0.343 e. The normalized spacial score (nSPS) is 21.6. The molecule has 0 N–H and O–H groups in total. The molecule has 0 unspecified atom stereocenters. The van der Waals surface area contributed by atoms with E-state index >= 15 is 0 Å². The molecule has 1 saturated heterocycles. The first-order valence-corrected chi connectivity index (χ1v) is 9.51. The molecule has 2 fully saturated rings. The fourth-order valence-corrected chi connectivity index (χ4v) is 4.08. The molecule has 2 amide bonds. The van der Waals surface area contributed by atoms with Crippen LogP contribution in [0.3, 0.4) is 0 Å². The molecule has 2 aliphatic heterocycles. The maximum Gasteiger partial charge on any atom is 0.225 e. The quantitative estimate of drug-likeness (QED) is 0.823. The molecule has 3 aliphatic rings. The summed E-state index contributed by atoms with van der Waals surface area (Å²) < 4.78 is 0. The lowest BCUT2D eigenvalue weighted by atomic mass is 9.84. The molecule has 0 aromatic carbocycles. The molecule has 25 heavy (non-hydrogen) atoms. The van der Waals surface area contributed by atoms with Gasteiger partial charge in [-0.05, 0) is 25.7 Å². The highest BCUT2D eigenvalue weighted by Crippen LogP contribution is 2.31. The highest BCUT2D eigenvalue weighted by atomic mass is 16.2. The Morgan fingerprint density at radius 3 is 2.48 bits per heavy atom. The minimum atomic E-state index is 0.154. The summed E-state index contributed by atoms with van der Waals surface area (Å²) in [5.74, 6) is 1.99. The van der Waals surface area contributed by atoms with Crippen LogP contribution in [-0.2, 0) is 22.6 Å². The van der Waals surface area contributed by atoms with Gasteiger partial charge < -0.3 is 9.80 Å². The van der Waals surface area contributed by atoms with E-state index in [0.29, 0.717) is 18.4 Å². The number of hydrogen-bond donors (Lipinski definition) is 0. The van der Waals surface area contributed by atoms with E-state index in [4.69, 9.17) is 4.98 Å². The van der Waals surface area contributed by atoms with Crippen LogP contribution in [0.2, 0.25) is 0 Å². The maximum atomic E-state index is 12.4. The molecule has 0 radical (unpaired) electrons. The van der Waals surface area contributed by atoms with E-state index in [1.165, 1.54) is 6.42 Å². The Morgan fingerprint density at radius 1 is 1.08 bits per heavy atom. The number of fused-ring (bicyclic) bond motifs is 1. The van der Waals surface area contributed by atoms with E-state index in [0.717, 1.165) is 68.8 Å². The van der Waals surface area contributed by atoms with Crippen molar-refractivity contribution in [1.29, 1.82) is 0 Å². The van der Waals surface area contributed by atoms with Gasteiger partial charge in [0.2, 0.25) is 11.8 Å². The Labute approximate surface area is 148 Å². The number of hydrogen-bond acceptors (Lipinski definition) is 4. The van der Waals surface area contributed by atoms with Gasteiger partial charge in [-0.2, -0.15) is 0 Å². The molecular weight excluding hydrogens is 316 g/mol. The number of amides is 2. The lowest BCUT2D eigenvalue weighted by molar-refractivity contribution is -0.139. The average molecular weight is 342 g/mol. The van der Waals surface area contributed by atoms with Crippen LogP contribution >= 0.6 is 0 Å². The van der Waals surface area contributed by atoms with Crippen LogP contribution < -0.4 is 0 Å². The summed E-state index contributed by atoms with van der Waals surface area (Å²) >= 11 is 0. The third kappa shape index (κ3) is 3.26. The molecule has 1 aromatic heterocycles. The van der Waals surface area contributed by atoms with Crippen molar-refractivity contribution in [3.8, 4) is 0 Å². The van der Waals surface area contributed by atoms with Crippen LogP contribution in [0.25, 0.3) is 0 Å². The van der Waals surface area contributed by atoms with Gasteiger partial charge >= 0.3 is 0 Å². The summed E-state index contributed by atoms with van der Waals surface area (Å²) in [6.45, 7) is 4.66. The van der Waals surface area contributed by atoms with Gasteiger partial charge in [-0.25, -0.2) is 9.97 Å². The summed E-state index contributed by atoms with van der Waals surface area (Å²) in [4.78, 5) is 37.2. The van der Waals surface area contributed by atoms with E-state index in [1.54, 1.807) is 6.92 Å². The van der Waals surface area contributed by atoms with Crippen LogP contribution in [0.4, 0.5) is 0 Å². The van der Waals surface area contributed by atoms with E-state index in [9.17, 15) is 9.59 Å². The lowest BCUT2D eigenvalue weighted by Gasteiger charge is -2.35. The minimum absolute atomic E-state index is 0.154. The molecule has 6 nitrogen and oxygen atoms in total. The Hall–Kier alpha value is -1.98. The van der Waals surface area contributed by atoms with Gasteiger partial charge in [-0.3, -0.25) is 9.59 Å². The molecular formula is C19H26N4O2. The Balaban J connectivity index is 1.41. The molecule has 0 atom stereocenters. The second-order valence-electron chi connectivity index (χ2n) is 7.62. The summed E-state index contributed by atoms with van der Waals surface area (Å²) in [6, 6.07) is 0. The van der Waals surface area contributed by atoms with Crippen molar-refractivity contribution < 1.29 is 9.59 Å². The zero-order valence-electron chi connectivity index (χ0n) is 14.9. The van der Waals surface area contributed by atoms with Crippen LogP contribution in [0.1, 0.15) is 62.0 Å². The third-order valence-corrected chi connectivity index (χ3v) is 6.02. The first kappa shape index (κ1) is 16.5. The molecule has 0 bridgehead atoms. The topological polar surface area (TPSA) is 66.4 Å². The van der Waals surface area contributed by atoms with Gasteiger partial charge in [-0.1, -0.05) is 6.42 Å². The van der Waals surface area contributed by atoms with E-state index in [2.05, 4.69) is 4.98 Å². The van der Waals surface area contributed by atoms with Crippen molar-refractivity contribution in [1.82, 2.24) is 19.8 Å². The average Bonchev–Trinajstić information content (AvgIpc) is 2.59. The fourth-order valence-electron chi connectivity index (χ4n) is 4.08. The predicted molar refractivity (Wildman–Crippen MR) is 92.7 cm³/mol. The number of piperidine rings is 1. The fraction of sp³-hybridized carbons (Fsp3) is 0.684. The third-order valence-electron chi connectivity index (χ3n) is 6.02. The Bertz CT molecular complexity index is 678. The van der Waals surface area contributed by atoms with Crippen LogP contribution in [-0.4, -0.2) is 51.2 Å². The van der Waals surface area contributed by atoms with Crippen molar-refractivity contribution in [3.05, 3.63) is 23.3 Å². The summed E-state index contributed by atoms with van der Waals surface area (Å²) in [5, 5.41) is 0. The summed E-state index contributed by atoms with van der Waals surface area (Å²) in [5.41, 5.74) is 2.21. The van der Waals surface area contributed by atoms with Crippen molar-refractivity contribution in [2.75, 3.05) is 19.6 Å². The smallest absolute Gasteiger partial charge is 0.225 e. The predicted octanol–water partition coefficient (Wildman–Crippen LogP) is 1.89. The van der Waals surface area contributed by atoms with E-state index in [-0.39, 0.29) is 11.8 Å². The van der Waals surface area contributed by atoms with Gasteiger partial charge in [0.25, 0.3) is 0 Å². The molecule has 3 heterocycles. The molecule has 1 saturated carbocycles. The number of likely N-dealkylation sites (tertiary alicyclic amines) is 1. The molecule has 134 valence electrons. The summed E-state index contributed by atoms with van der Waals surface area (Å²) in [6.07, 6.45) is 7.92. The zero-order valence-corrected chi connectivity index (χ0v) is 14.9. The molecule has 0 spiro atoms. The number of carbonyl (C=O) groups excluding carboxylic acids is 2. The van der Waals surface area contributed by atoms with Gasteiger partial charge in [0.15, 0.2) is 0 Å². The number of carbonyl (C=O) groups is 2. The van der Waals surface area contributed by atoms with Crippen molar-refractivity contribution in [3.63, 3.8) is 0 Å². The molecule has 4 rings (SSSR count). The standard InChI is InChI=1S/C19H26N4O2/c1-13(24)22-8-5-14(6-9-22)18-20-11-16-12-23(10-7-17(16)21-18)19(25)15-3-2-4-15/h11,14-15H,2-10,12H2,1H3. The van der Waals surface area contributed by atoms with E-state index < -0.39 is 0 Å². The lowest BCUT2D eigenvalue weighted by Crippen LogP contribution is -2.42. The van der Waals surface area contributed by atoms with Crippen molar-refractivity contribution in [2.45, 2.75) is 57.9 Å². The number of aromatic nitrogens is 2. The highest BCUT2D eigenvalue weighted by molar-refractivity contribution is 5.79. The monoisotopic (exact) mass is 342 g/mol. The van der Waals surface area contributed by atoms with Crippen molar-refractivity contribution in [2.24, 2.45) is 5.92 Å².